The fourth-order valence-corrected chi connectivity index (χ4v) is 2.51. The molecule has 0 aliphatic heterocycles. The number of nitrogen functional groups attached to an aromatic ring is 1. The van der Waals surface area contributed by atoms with Gasteiger partial charge in [-0.1, -0.05) is 32.9 Å². The maximum Gasteiger partial charge on any atom is 0.224 e. The van der Waals surface area contributed by atoms with Crippen LogP contribution in [-0.4, -0.2) is 19.5 Å². The van der Waals surface area contributed by atoms with E-state index in [1.165, 1.54) is 5.56 Å². The van der Waals surface area contributed by atoms with E-state index in [9.17, 15) is 0 Å². The highest BCUT2D eigenvalue weighted by Gasteiger charge is 2.16. The lowest BCUT2D eigenvalue weighted by atomic mass is 9.86. The largest absolute Gasteiger partial charge is 0.368 e. The van der Waals surface area contributed by atoms with E-state index < -0.39 is 0 Å². The first-order valence-electron chi connectivity index (χ1n) is 7.58. The van der Waals surface area contributed by atoms with Gasteiger partial charge in [-0.05, 0) is 29.5 Å². The van der Waals surface area contributed by atoms with Gasteiger partial charge in [-0.3, -0.25) is 0 Å². The number of hydrogen-bond acceptors (Lipinski definition) is 5. The third-order valence-electron chi connectivity index (χ3n) is 3.95. The highest BCUT2D eigenvalue weighted by atomic mass is 15.2. The Morgan fingerprint density at radius 3 is 2.61 bits per heavy atom. The Bertz CT molecular complexity index is 873. The van der Waals surface area contributed by atoms with Gasteiger partial charge in [-0.2, -0.15) is 9.97 Å². The molecule has 0 fully saturated rings. The first-order chi connectivity index (χ1) is 10.8. The molecule has 0 saturated carbocycles. The summed E-state index contributed by atoms with van der Waals surface area (Å²) >= 11 is 0. The number of nitrogens with one attached hydrogen (secondary N) is 1. The average Bonchev–Trinajstić information content (AvgIpc) is 2.81. The maximum absolute atomic E-state index is 5.81. The van der Waals surface area contributed by atoms with Crippen molar-refractivity contribution in [3.05, 3.63) is 35.7 Å². The van der Waals surface area contributed by atoms with Crippen LogP contribution < -0.4 is 11.1 Å². The summed E-state index contributed by atoms with van der Waals surface area (Å²) < 4.78 is 1.89. The van der Waals surface area contributed by atoms with E-state index in [0.717, 1.165) is 16.8 Å². The van der Waals surface area contributed by atoms with Gasteiger partial charge < -0.3 is 15.6 Å². The molecule has 2 heterocycles. The Hall–Kier alpha value is -2.63. The number of imidazole rings is 1. The molecule has 120 valence electrons. The number of rotatable bonds is 2. The highest BCUT2D eigenvalue weighted by molar-refractivity contribution is 5.87. The van der Waals surface area contributed by atoms with E-state index >= 15 is 0 Å². The summed E-state index contributed by atoms with van der Waals surface area (Å²) in [7, 11) is 1.92. The zero-order valence-electron chi connectivity index (χ0n) is 14.2. The van der Waals surface area contributed by atoms with E-state index in [-0.39, 0.29) is 11.4 Å². The normalized spacial score (nSPS) is 11.9. The lowest BCUT2D eigenvalue weighted by Crippen LogP contribution is -2.12. The second-order valence-corrected chi connectivity index (χ2v) is 6.86. The molecule has 0 radical (unpaired) electrons. The van der Waals surface area contributed by atoms with E-state index in [1.807, 2.05) is 11.6 Å². The number of benzene rings is 1. The zero-order chi connectivity index (χ0) is 16.8. The summed E-state index contributed by atoms with van der Waals surface area (Å²) in [6.07, 6.45) is 1.71. The van der Waals surface area contributed by atoms with Crippen molar-refractivity contribution in [1.29, 1.82) is 0 Å². The van der Waals surface area contributed by atoms with Gasteiger partial charge in [0, 0.05) is 12.7 Å². The fourth-order valence-electron chi connectivity index (χ4n) is 2.51. The second kappa shape index (κ2) is 5.22. The van der Waals surface area contributed by atoms with Crippen molar-refractivity contribution >= 4 is 28.6 Å². The highest BCUT2D eigenvalue weighted by Crippen LogP contribution is 2.30. The predicted molar refractivity (Wildman–Crippen MR) is 93.9 cm³/mol. The number of fused-ring (bicyclic) bond motifs is 1. The lowest BCUT2D eigenvalue weighted by Gasteiger charge is -2.21. The van der Waals surface area contributed by atoms with Crippen molar-refractivity contribution < 1.29 is 0 Å². The van der Waals surface area contributed by atoms with E-state index in [2.05, 4.69) is 66.2 Å². The molecule has 1 aromatic carbocycles. The first kappa shape index (κ1) is 15.3. The van der Waals surface area contributed by atoms with Gasteiger partial charge in [0.05, 0.1) is 6.33 Å². The lowest BCUT2D eigenvalue weighted by molar-refractivity contribution is 0.590. The Morgan fingerprint density at radius 2 is 1.91 bits per heavy atom. The number of aromatic nitrogens is 4. The zero-order valence-corrected chi connectivity index (χ0v) is 14.2. The van der Waals surface area contributed by atoms with Gasteiger partial charge in [-0.15, -0.1) is 0 Å². The van der Waals surface area contributed by atoms with Crippen molar-refractivity contribution in [3.8, 4) is 0 Å². The van der Waals surface area contributed by atoms with E-state index in [0.29, 0.717) is 11.5 Å². The molecule has 6 heteroatoms. The molecule has 0 bridgehead atoms. The van der Waals surface area contributed by atoms with Gasteiger partial charge in [0.15, 0.2) is 11.5 Å². The molecular weight excluding hydrogens is 288 g/mol. The topological polar surface area (TPSA) is 81.7 Å². The van der Waals surface area contributed by atoms with Gasteiger partial charge in [0.25, 0.3) is 0 Å². The smallest absolute Gasteiger partial charge is 0.224 e. The predicted octanol–water partition coefficient (Wildman–Crippen LogP) is 3.30. The Morgan fingerprint density at radius 1 is 1.17 bits per heavy atom. The van der Waals surface area contributed by atoms with Gasteiger partial charge in [0.2, 0.25) is 5.95 Å². The minimum Gasteiger partial charge on any atom is -0.368 e. The van der Waals surface area contributed by atoms with Crippen LogP contribution in [0.5, 0.6) is 0 Å². The summed E-state index contributed by atoms with van der Waals surface area (Å²) in [6, 6.07) is 6.44. The average molecular weight is 310 g/mol. The third-order valence-corrected chi connectivity index (χ3v) is 3.95. The molecule has 0 atom stereocenters. The monoisotopic (exact) mass is 310 g/mol. The van der Waals surface area contributed by atoms with Crippen molar-refractivity contribution in [3.63, 3.8) is 0 Å². The number of aryl methyl sites for hydroxylation is 2. The van der Waals surface area contributed by atoms with Gasteiger partial charge in [-0.25, -0.2) is 4.98 Å². The molecule has 0 aliphatic rings. The van der Waals surface area contributed by atoms with Crippen LogP contribution in [0.4, 0.5) is 17.5 Å². The molecule has 2 aromatic heterocycles. The van der Waals surface area contributed by atoms with E-state index in [1.54, 1.807) is 6.33 Å². The molecular formula is C17H22N6. The van der Waals surface area contributed by atoms with Crippen LogP contribution in [0, 0.1) is 6.92 Å². The van der Waals surface area contributed by atoms with Crippen LogP contribution in [0.25, 0.3) is 11.2 Å². The van der Waals surface area contributed by atoms with Crippen LogP contribution in [0.15, 0.2) is 24.5 Å². The molecule has 3 aromatic rings. The summed E-state index contributed by atoms with van der Waals surface area (Å²) in [4.78, 5) is 12.8. The summed E-state index contributed by atoms with van der Waals surface area (Å²) in [6.45, 7) is 8.66. The maximum atomic E-state index is 5.81. The fraction of sp³-hybridized carbons (Fsp3) is 0.353. The number of nitrogens with zero attached hydrogens (tertiary/aromatic N) is 4. The van der Waals surface area contributed by atoms with Crippen molar-refractivity contribution in [2.45, 2.75) is 33.1 Å². The molecule has 3 N–H and O–H groups in total. The molecule has 3 rings (SSSR count). The first-order valence-corrected chi connectivity index (χ1v) is 7.58. The van der Waals surface area contributed by atoms with Gasteiger partial charge >= 0.3 is 0 Å². The van der Waals surface area contributed by atoms with Gasteiger partial charge in [0.1, 0.15) is 5.52 Å². The quantitative estimate of drug-likeness (QED) is 0.759. The standard InChI is InChI=1S/C17H22N6/c1-10-6-7-11(17(2,3)4)8-12(10)20-15-13-14(19-9-23(13)5)21-16(18)22-15/h6-9H,1-5H3,(H3,18,20,21,22). The van der Waals surface area contributed by atoms with Crippen LogP contribution >= 0.6 is 0 Å². The molecule has 0 amide bonds. The molecule has 0 spiro atoms. The van der Waals surface area contributed by atoms with Crippen molar-refractivity contribution in [2.75, 3.05) is 11.1 Å². The molecule has 0 saturated heterocycles. The second-order valence-electron chi connectivity index (χ2n) is 6.86. The van der Waals surface area contributed by atoms with Crippen LogP contribution in [0.1, 0.15) is 31.9 Å². The van der Waals surface area contributed by atoms with Crippen molar-refractivity contribution in [2.24, 2.45) is 7.05 Å². The Balaban J connectivity index is 2.11. The number of anilines is 3. The minimum atomic E-state index is 0.0800. The molecule has 6 nitrogen and oxygen atoms in total. The van der Waals surface area contributed by atoms with Crippen LogP contribution in [0.3, 0.4) is 0 Å². The Kier molecular flexibility index (Phi) is 3.47. The number of hydrogen-bond donors (Lipinski definition) is 2. The van der Waals surface area contributed by atoms with Crippen LogP contribution in [0.2, 0.25) is 0 Å². The van der Waals surface area contributed by atoms with E-state index in [4.69, 9.17) is 5.73 Å². The SMILES string of the molecule is Cc1ccc(C(C)(C)C)cc1Nc1nc(N)nc2ncn(C)c12. The Labute approximate surface area is 135 Å². The summed E-state index contributed by atoms with van der Waals surface area (Å²) in [5.74, 6) is 0.880. The minimum absolute atomic E-state index is 0.0800. The molecule has 0 aliphatic carbocycles. The summed E-state index contributed by atoms with van der Waals surface area (Å²) in [5, 5.41) is 3.40. The molecule has 23 heavy (non-hydrogen) atoms. The molecule has 0 unspecified atom stereocenters. The number of nitrogens with two attached hydrogens (primary N) is 1. The van der Waals surface area contributed by atoms with Crippen LogP contribution in [-0.2, 0) is 12.5 Å². The summed E-state index contributed by atoms with van der Waals surface area (Å²) in [5.41, 5.74) is 10.7. The third kappa shape index (κ3) is 2.84. The van der Waals surface area contributed by atoms with Crippen molar-refractivity contribution in [1.82, 2.24) is 19.5 Å².